The van der Waals surface area contributed by atoms with Gasteiger partial charge in [-0.1, -0.05) is 18.2 Å². The van der Waals surface area contributed by atoms with Crippen LogP contribution in [0.4, 0.5) is 5.69 Å². The molecule has 0 aliphatic carbocycles. The molecule has 0 unspecified atom stereocenters. The van der Waals surface area contributed by atoms with Crippen molar-refractivity contribution < 1.29 is 14.3 Å². The second kappa shape index (κ2) is 8.89. The van der Waals surface area contributed by atoms with Crippen molar-refractivity contribution in [2.75, 3.05) is 24.7 Å². The monoisotopic (exact) mass is 488 g/mol. The Hall–Kier alpha value is -3.46. The first kappa shape index (κ1) is 23.0. The molecule has 0 bridgehead atoms. The van der Waals surface area contributed by atoms with Crippen LogP contribution in [0.5, 0.6) is 0 Å². The van der Waals surface area contributed by atoms with Gasteiger partial charge in [0.15, 0.2) is 0 Å². The summed E-state index contributed by atoms with van der Waals surface area (Å²) in [5.74, 6) is 0.146. The smallest absolute Gasteiger partial charge is 0.231 e. The number of carbonyl (C=O) groups excluding carboxylic acids is 2. The minimum absolute atomic E-state index is 0.0640. The number of amides is 2. The van der Waals surface area contributed by atoms with Crippen LogP contribution in [-0.4, -0.2) is 56.0 Å². The fourth-order valence-electron chi connectivity index (χ4n) is 5.85. The van der Waals surface area contributed by atoms with Crippen LogP contribution in [-0.2, 0) is 47.3 Å². The Labute approximate surface area is 210 Å². The highest BCUT2D eigenvalue weighted by molar-refractivity contribution is 5.98. The molecule has 3 aliphatic rings. The van der Waals surface area contributed by atoms with Gasteiger partial charge in [-0.15, -0.1) is 0 Å². The zero-order valence-corrected chi connectivity index (χ0v) is 21.2. The Kier molecular flexibility index (Phi) is 5.67. The van der Waals surface area contributed by atoms with E-state index in [-0.39, 0.29) is 11.8 Å². The molecule has 0 N–H and O–H groups in total. The number of aromatic nitrogens is 4. The lowest BCUT2D eigenvalue weighted by atomic mass is 9.90. The Morgan fingerprint density at radius 2 is 1.94 bits per heavy atom. The minimum atomic E-state index is 0.0640. The van der Waals surface area contributed by atoms with Crippen LogP contribution in [0.1, 0.15) is 53.9 Å². The molecule has 1 fully saturated rings. The molecule has 1 aromatic carbocycles. The normalized spacial score (nSPS) is 18.4. The summed E-state index contributed by atoms with van der Waals surface area (Å²) < 4.78 is 9.61. The average molecular weight is 489 g/mol. The van der Waals surface area contributed by atoms with E-state index in [2.05, 4.69) is 28.0 Å². The van der Waals surface area contributed by atoms with Gasteiger partial charge in [-0.05, 0) is 30.9 Å². The maximum atomic E-state index is 13.4. The summed E-state index contributed by atoms with van der Waals surface area (Å²) in [6.45, 7) is 6.88. The summed E-state index contributed by atoms with van der Waals surface area (Å²) in [4.78, 5) is 29.4. The Morgan fingerprint density at radius 3 is 2.67 bits per heavy atom. The van der Waals surface area contributed by atoms with E-state index in [1.165, 1.54) is 5.69 Å². The van der Waals surface area contributed by atoms with Gasteiger partial charge in [-0.25, -0.2) is 0 Å². The predicted octanol–water partition coefficient (Wildman–Crippen LogP) is 2.94. The second-order valence-electron chi connectivity index (χ2n) is 10.1. The van der Waals surface area contributed by atoms with E-state index < -0.39 is 0 Å². The van der Waals surface area contributed by atoms with Gasteiger partial charge in [-0.2, -0.15) is 10.2 Å². The van der Waals surface area contributed by atoms with E-state index in [4.69, 9.17) is 9.84 Å². The highest BCUT2D eigenvalue weighted by Gasteiger charge is 2.33. The van der Waals surface area contributed by atoms with Gasteiger partial charge >= 0.3 is 0 Å². The van der Waals surface area contributed by atoms with Crippen molar-refractivity contribution in [3.05, 3.63) is 52.5 Å². The van der Waals surface area contributed by atoms with Gasteiger partial charge in [0, 0.05) is 63.5 Å². The lowest BCUT2D eigenvalue weighted by Crippen LogP contribution is -2.37. The zero-order chi connectivity index (χ0) is 25.0. The van der Waals surface area contributed by atoms with E-state index in [9.17, 15) is 9.59 Å². The molecule has 36 heavy (non-hydrogen) atoms. The fourth-order valence-corrected chi connectivity index (χ4v) is 5.85. The van der Waals surface area contributed by atoms with Crippen LogP contribution in [0.2, 0.25) is 0 Å². The third-order valence-electron chi connectivity index (χ3n) is 8.05. The van der Waals surface area contributed by atoms with Crippen LogP contribution in [0, 0.1) is 6.92 Å². The highest BCUT2D eigenvalue weighted by atomic mass is 16.5. The zero-order valence-electron chi connectivity index (χ0n) is 21.2. The predicted molar refractivity (Wildman–Crippen MR) is 134 cm³/mol. The van der Waals surface area contributed by atoms with Crippen molar-refractivity contribution in [1.29, 1.82) is 0 Å². The van der Waals surface area contributed by atoms with E-state index >= 15 is 0 Å². The topological polar surface area (TPSA) is 85.5 Å². The maximum absolute atomic E-state index is 13.4. The molecule has 1 saturated heterocycles. The summed E-state index contributed by atoms with van der Waals surface area (Å²) >= 11 is 0. The summed E-state index contributed by atoms with van der Waals surface area (Å²) in [6.07, 6.45) is 4.75. The highest BCUT2D eigenvalue weighted by Crippen LogP contribution is 2.38. The van der Waals surface area contributed by atoms with Gasteiger partial charge in [0.1, 0.15) is 0 Å². The van der Waals surface area contributed by atoms with Gasteiger partial charge < -0.3 is 14.5 Å². The third-order valence-corrected chi connectivity index (χ3v) is 8.05. The van der Waals surface area contributed by atoms with Crippen LogP contribution < -0.4 is 4.90 Å². The number of carbonyl (C=O) groups is 2. The number of rotatable bonds is 3. The lowest BCUT2D eigenvalue weighted by molar-refractivity contribution is -0.129. The first-order valence-corrected chi connectivity index (χ1v) is 12.8. The van der Waals surface area contributed by atoms with Crippen molar-refractivity contribution in [3.8, 4) is 11.3 Å². The molecule has 188 valence electrons. The molecular weight excluding hydrogens is 456 g/mol. The molecular formula is C27H32N6O3. The van der Waals surface area contributed by atoms with Crippen molar-refractivity contribution in [3.63, 3.8) is 0 Å². The van der Waals surface area contributed by atoms with Gasteiger partial charge in [0.2, 0.25) is 11.8 Å². The summed E-state index contributed by atoms with van der Waals surface area (Å²) in [6, 6.07) is 6.55. The average Bonchev–Trinajstić information content (AvgIpc) is 3.43. The molecule has 2 aromatic heterocycles. The van der Waals surface area contributed by atoms with Gasteiger partial charge in [-0.3, -0.25) is 19.0 Å². The Bertz CT molecular complexity index is 1350. The van der Waals surface area contributed by atoms with Crippen molar-refractivity contribution in [2.45, 2.75) is 58.7 Å². The molecule has 0 atom stereocenters. The molecule has 0 spiro atoms. The lowest BCUT2D eigenvalue weighted by Gasteiger charge is -2.30. The molecule has 9 heteroatoms. The number of hydrogen-bond donors (Lipinski definition) is 0. The number of anilines is 1. The molecule has 5 heterocycles. The molecule has 3 aromatic rings. The summed E-state index contributed by atoms with van der Waals surface area (Å²) in [5, 5.41) is 9.52. The van der Waals surface area contributed by atoms with Crippen molar-refractivity contribution in [1.82, 2.24) is 24.5 Å². The number of fused-ring (bicyclic) bond motifs is 2. The van der Waals surface area contributed by atoms with E-state index in [1.807, 2.05) is 23.8 Å². The van der Waals surface area contributed by atoms with E-state index in [1.54, 1.807) is 17.8 Å². The quantitative estimate of drug-likeness (QED) is 0.566. The standard InChI is InChI=1S/C27H32N6O3/c1-17-25(14-28-30(17)3)32-15-19-5-4-6-21(22(19)13-26(32)35)27-23-16-31(18(2)34)10-7-24(23)33(29-27)20-8-11-36-12-9-20/h4-6,14,20H,7-13,15-16H2,1-3H3. The van der Waals surface area contributed by atoms with Gasteiger partial charge in [0.25, 0.3) is 0 Å². The molecule has 3 aliphatic heterocycles. The number of ether oxygens (including phenoxy) is 1. The second-order valence-corrected chi connectivity index (χ2v) is 10.1. The van der Waals surface area contributed by atoms with E-state index in [0.717, 1.165) is 71.8 Å². The number of nitrogens with zero attached hydrogens (tertiary/aromatic N) is 6. The number of benzene rings is 1. The minimum Gasteiger partial charge on any atom is -0.381 e. The van der Waals surface area contributed by atoms with Crippen molar-refractivity contribution in [2.24, 2.45) is 7.05 Å². The van der Waals surface area contributed by atoms with E-state index in [0.29, 0.717) is 32.1 Å². The Morgan fingerprint density at radius 1 is 1.14 bits per heavy atom. The first-order chi connectivity index (χ1) is 17.4. The Balaban J connectivity index is 1.43. The van der Waals surface area contributed by atoms with Crippen LogP contribution in [0.15, 0.2) is 24.4 Å². The maximum Gasteiger partial charge on any atom is 0.231 e. The molecule has 6 rings (SSSR count). The third kappa shape index (κ3) is 3.73. The van der Waals surface area contributed by atoms with Gasteiger partial charge in [0.05, 0.1) is 42.3 Å². The SMILES string of the molecule is CC(=O)N1CCc2c(c(-c3cccc4c3CC(=O)N(c3cnn(C)c3C)C4)nn2C2CCOCC2)C1. The van der Waals surface area contributed by atoms with Crippen LogP contribution in [0.25, 0.3) is 11.3 Å². The van der Waals surface area contributed by atoms with Crippen LogP contribution in [0.3, 0.4) is 0 Å². The number of aryl methyl sites for hydroxylation is 1. The van der Waals surface area contributed by atoms with Crippen molar-refractivity contribution >= 4 is 17.5 Å². The molecule has 9 nitrogen and oxygen atoms in total. The molecule has 2 amide bonds. The summed E-state index contributed by atoms with van der Waals surface area (Å²) in [7, 11) is 1.89. The number of hydrogen-bond acceptors (Lipinski definition) is 5. The fraction of sp³-hybridized carbons (Fsp3) is 0.481. The largest absolute Gasteiger partial charge is 0.381 e. The molecule has 0 radical (unpaired) electrons. The molecule has 0 saturated carbocycles. The first-order valence-electron chi connectivity index (χ1n) is 12.8. The van der Waals surface area contributed by atoms with Crippen LogP contribution >= 0.6 is 0 Å². The summed E-state index contributed by atoms with van der Waals surface area (Å²) in [5.41, 5.74) is 8.27.